The third-order valence-corrected chi connectivity index (χ3v) is 4.81. The second-order valence-electron chi connectivity index (χ2n) is 5.43. The van der Waals surface area contributed by atoms with Gasteiger partial charge in [-0.25, -0.2) is 9.97 Å². The Morgan fingerprint density at radius 1 is 1.22 bits per heavy atom. The first kappa shape index (κ1) is 13.6. The van der Waals surface area contributed by atoms with Crippen molar-refractivity contribution < 1.29 is 5.11 Å². The molecule has 3 nitrogen and oxygen atoms in total. The summed E-state index contributed by atoms with van der Waals surface area (Å²) in [6, 6.07) is 0. The molecule has 98 valence electrons. The minimum absolute atomic E-state index is 0.0421. The van der Waals surface area contributed by atoms with Crippen LogP contribution in [0.5, 0.6) is 0 Å². The molecule has 0 aliphatic carbocycles. The van der Waals surface area contributed by atoms with Crippen LogP contribution in [0.4, 0.5) is 0 Å². The molecule has 2 aromatic heterocycles. The van der Waals surface area contributed by atoms with Crippen LogP contribution in [0.15, 0.2) is 10.8 Å². The number of rotatable bonds is 3. The standard InChI is InChI=1S/C13H18N2OS2/c1-8-6-17-11(14-8)5-10(16)9-7-18-12(15-9)13(2,3)4/h6-7,10,16H,5H2,1-4H3. The molecule has 0 fully saturated rings. The Balaban J connectivity index is 2.09. The van der Waals surface area contributed by atoms with Crippen molar-refractivity contribution in [1.82, 2.24) is 9.97 Å². The Morgan fingerprint density at radius 3 is 2.44 bits per heavy atom. The van der Waals surface area contributed by atoms with Gasteiger partial charge in [0, 0.05) is 28.3 Å². The number of aryl methyl sites for hydroxylation is 1. The molecular weight excluding hydrogens is 264 g/mol. The van der Waals surface area contributed by atoms with E-state index in [4.69, 9.17) is 0 Å². The molecule has 2 aromatic rings. The van der Waals surface area contributed by atoms with Crippen molar-refractivity contribution in [2.75, 3.05) is 0 Å². The van der Waals surface area contributed by atoms with E-state index in [0.29, 0.717) is 6.42 Å². The third-order valence-electron chi connectivity index (χ3n) is 2.54. The fourth-order valence-corrected chi connectivity index (χ4v) is 3.31. The van der Waals surface area contributed by atoms with Crippen LogP contribution in [0.3, 0.4) is 0 Å². The highest BCUT2D eigenvalue weighted by Crippen LogP contribution is 2.29. The van der Waals surface area contributed by atoms with E-state index in [9.17, 15) is 5.11 Å². The van der Waals surface area contributed by atoms with Crippen molar-refractivity contribution >= 4 is 22.7 Å². The highest BCUT2D eigenvalue weighted by atomic mass is 32.1. The average molecular weight is 282 g/mol. The van der Waals surface area contributed by atoms with Crippen LogP contribution in [-0.2, 0) is 11.8 Å². The lowest BCUT2D eigenvalue weighted by Crippen LogP contribution is -2.11. The van der Waals surface area contributed by atoms with Crippen LogP contribution in [0.25, 0.3) is 0 Å². The summed E-state index contributed by atoms with van der Waals surface area (Å²) < 4.78 is 0. The molecule has 1 atom stereocenters. The van der Waals surface area contributed by atoms with E-state index in [1.165, 1.54) is 0 Å². The second-order valence-corrected chi connectivity index (χ2v) is 7.23. The first-order chi connectivity index (χ1) is 8.36. The Hall–Kier alpha value is -0.780. The number of hydrogen-bond acceptors (Lipinski definition) is 5. The lowest BCUT2D eigenvalue weighted by molar-refractivity contribution is 0.174. The molecule has 0 saturated carbocycles. The fourth-order valence-electron chi connectivity index (χ4n) is 1.55. The van der Waals surface area contributed by atoms with Crippen LogP contribution in [0.2, 0.25) is 0 Å². The minimum atomic E-state index is -0.553. The first-order valence-electron chi connectivity index (χ1n) is 5.91. The molecule has 5 heteroatoms. The topological polar surface area (TPSA) is 46.0 Å². The summed E-state index contributed by atoms with van der Waals surface area (Å²) in [7, 11) is 0. The summed E-state index contributed by atoms with van der Waals surface area (Å²) in [5.74, 6) is 0. The van der Waals surface area contributed by atoms with Gasteiger partial charge in [-0.3, -0.25) is 0 Å². The predicted molar refractivity (Wildman–Crippen MR) is 76.3 cm³/mol. The average Bonchev–Trinajstić information content (AvgIpc) is 2.85. The van der Waals surface area contributed by atoms with Gasteiger partial charge in [-0.1, -0.05) is 20.8 Å². The largest absolute Gasteiger partial charge is 0.386 e. The van der Waals surface area contributed by atoms with Crippen molar-refractivity contribution in [3.8, 4) is 0 Å². The maximum atomic E-state index is 10.2. The van der Waals surface area contributed by atoms with Crippen molar-refractivity contribution in [2.45, 2.75) is 45.6 Å². The van der Waals surface area contributed by atoms with Crippen LogP contribution in [-0.4, -0.2) is 15.1 Å². The molecule has 0 radical (unpaired) electrons. The number of nitrogens with zero attached hydrogens (tertiary/aromatic N) is 2. The molecule has 1 unspecified atom stereocenters. The molecule has 0 aliphatic heterocycles. The number of aliphatic hydroxyl groups excluding tert-OH is 1. The first-order valence-corrected chi connectivity index (χ1v) is 7.67. The van der Waals surface area contributed by atoms with Gasteiger partial charge in [0.05, 0.1) is 15.7 Å². The van der Waals surface area contributed by atoms with Gasteiger partial charge in [0.2, 0.25) is 0 Å². The zero-order valence-electron chi connectivity index (χ0n) is 11.1. The third kappa shape index (κ3) is 3.16. The summed E-state index contributed by atoms with van der Waals surface area (Å²) in [4.78, 5) is 8.90. The van der Waals surface area contributed by atoms with Crippen LogP contribution >= 0.6 is 22.7 Å². The molecule has 0 aliphatic rings. The Kier molecular flexibility index (Phi) is 3.84. The summed E-state index contributed by atoms with van der Waals surface area (Å²) in [6.45, 7) is 8.36. The number of thiazole rings is 2. The van der Waals surface area contributed by atoms with Gasteiger partial charge in [0.1, 0.15) is 6.10 Å². The second kappa shape index (κ2) is 5.07. The molecule has 0 bridgehead atoms. The van der Waals surface area contributed by atoms with Gasteiger partial charge in [-0.2, -0.15) is 0 Å². The van der Waals surface area contributed by atoms with Crippen LogP contribution in [0.1, 0.15) is 48.3 Å². The molecule has 18 heavy (non-hydrogen) atoms. The summed E-state index contributed by atoms with van der Waals surface area (Å²) in [6.07, 6.45) is -0.00543. The van der Waals surface area contributed by atoms with E-state index in [1.54, 1.807) is 22.7 Å². The van der Waals surface area contributed by atoms with Gasteiger partial charge in [0.25, 0.3) is 0 Å². The zero-order valence-corrected chi connectivity index (χ0v) is 12.7. The molecule has 0 spiro atoms. The zero-order chi connectivity index (χ0) is 13.3. The lowest BCUT2D eigenvalue weighted by Gasteiger charge is -2.14. The van der Waals surface area contributed by atoms with E-state index >= 15 is 0 Å². The normalized spacial score (nSPS) is 13.8. The quantitative estimate of drug-likeness (QED) is 0.937. The molecule has 0 saturated heterocycles. The van der Waals surface area contributed by atoms with Gasteiger partial charge in [0.15, 0.2) is 0 Å². The predicted octanol–water partition coefficient (Wildman–Crippen LogP) is 3.48. The van der Waals surface area contributed by atoms with E-state index in [0.717, 1.165) is 21.4 Å². The van der Waals surface area contributed by atoms with Crippen LogP contribution < -0.4 is 0 Å². The Bertz CT molecular complexity index is 525. The maximum absolute atomic E-state index is 10.2. The van der Waals surface area contributed by atoms with E-state index < -0.39 is 6.10 Å². The van der Waals surface area contributed by atoms with Gasteiger partial charge in [-0.15, -0.1) is 22.7 Å². The Labute approximate surface area is 116 Å². The molecule has 2 heterocycles. The van der Waals surface area contributed by atoms with Gasteiger partial charge >= 0.3 is 0 Å². The monoisotopic (exact) mass is 282 g/mol. The Morgan fingerprint density at radius 2 is 1.94 bits per heavy atom. The highest BCUT2D eigenvalue weighted by molar-refractivity contribution is 7.10. The number of hydrogen-bond donors (Lipinski definition) is 1. The number of aromatic nitrogens is 2. The fraction of sp³-hybridized carbons (Fsp3) is 0.538. The van der Waals surface area contributed by atoms with E-state index in [-0.39, 0.29) is 5.41 Å². The van der Waals surface area contributed by atoms with Crippen molar-refractivity contribution in [3.63, 3.8) is 0 Å². The maximum Gasteiger partial charge on any atom is 0.103 e. The molecule has 0 amide bonds. The van der Waals surface area contributed by atoms with Crippen molar-refractivity contribution in [2.24, 2.45) is 0 Å². The van der Waals surface area contributed by atoms with Crippen molar-refractivity contribution in [3.05, 3.63) is 32.2 Å². The summed E-state index contributed by atoms with van der Waals surface area (Å²) >= 11 is 3.20. The minimum Gasteiger partial charge on any atom is -0.386 e. The van der Waals surface area contributed by atoms with Gasteiger partial charge < -0.3 is 5.11 Å². The lowest BCUT2D eigenvalue weighted by atomic mass is 9.98. The summed E-state index contributed by atoms with van der Waals surface area (Å²) in [5.41, 5.74) is 1.81. The molecule has 0 aromatic carbocycles. The van der Waals surface area contributed by atoms with E-state index in [1.807, 2.05) is 17.7 Å². The van der Waals surface area contributed by atoms with Gasteiger partial charge in [-0.05, 0) is 6.92 Å². The smallest absolute Gasteiger partial charge is 0.103 e. The summed E-state index contributed by atoms with van der Waals surface area (Å²) in [5, 5.41) is 16.2. The molecule has 1 N–H and O–H groups in total. The van der Waals surface area contributed by atoms with Crippen LogP contribution in [0, 0.1) is 6.92 Å². The van der Waals surface area contributed by atoms with Crippen molar-refractivity contribution in [1.29, 1.82) is 0 Å². The SMILES string of the molecule is Cc1csc(CC(O)c2csc(C(C)(C)C)n2)n1. The van der Waals surface area contributed by atoms with E-state index in [2.05, 4.69) is 30.7 Å². The number of aliphatic hydroxyl groups is 1. The molecular formula is C13H18N2OS2. The highest BCUT2D eigenvalue weighted by Gasteiger charge is 2.21. The molecule has 2 rings (SSSR count).